The molecular formula is C14H21N3O3S. The van der Waals surface area contributed by atoms with Crippen LogP contribution in [0.2, 0.25) is 0 Å². The third-order valence-electron chi connectivity index (χ3n) is 4.45. The Balaban J connectivity index is 1.72. The minimum Gasteiger partial charge on any atom is -0.506 e. The first-order valence-corrected chi connectivity index (χ1v) is 8.79. The Morgan fingerprint density at radius 3 is 2.86 bits per heavy atom. The minimum absolute atomic E-state index is 0.0237. The molecule has 2 unspecified atom stereocenters. The largest absolute Gasteiger partial charge is 0.506 e. The number of nitrogen functional groups attached to an aromatic ring is 1. The summed E-state index contributed by atoms with van der Waals surface area (Å²) in [6.45, 7) is 2.09. The predicted molar refractivity (Wildman–Crippen MR) is 80.5 cm³/mol. The predicted octanol–water partition coefficient (Wildman–Crippen LogP) is 0.879. The summed E-state index contributed by atoms with van der Waals surface area (Å²) in [5.74, 6) is -0.104. The first-order valence-electron chi connectivity index (χ1n) is 7.30. The van der Waals surface area contributed by atoms with Crippen LogP contribution in [0.5, 0.6) is 5.75 Å². The molecule has 0 amide bonds. The van der Waals surface area contributed by atoms with Gasteiger partial charge in [0.1, 0.15) is 5.75 Å². The Kier molecular flexibility index (Phi) is 3.81. The van der Waals surface area contributed by atoms with E-state index in [1.165, 1.54) is 24.6 Å². The molecule has 1 aromatic rings. The van der Waals surface area contributed by atoms with Crippen LogP contribution in [-0.2, 0) is 10.0 Å². The van der Waals surface area contributed by atoms with Crippen LogP contribution < -0.4 is 10.5 Å². The van der Waals surface area contributed by atoms with Gasteiger partial charge in [-0.2, -0.15) is 0 Å². The maximum Gasteiger partial charge on any atom is 0.240 e. The van der Waals surface area contributed by atoms with Crippen molar-refractivity contribution in [2.45, 2.75) is 42.7 Å². The molecule has 4 N–H and O–H groups in total. The van der Waals surface area contributed by atoms with Crippen molar-refractivity contribution in [2.75, 3.05) is 18.8 Å². The fourth-order valence-electron chi connectivity index (χ4n) is 3.32. The van der Waals surface area contributed by atoms with Crippen LogP contribution in [0.3, 0.4) is 0 Å². The number of nitrogens with two attached hydrogens (primary N) is 1. The van der Waals surface area contributed by atoms with Crippen molar-refractivity contribution in [3.63, 3.8) is 0 Å². The molecule has 116 valence electrons. The molecule has 2 heterocycles. The average molecular weight is 311 g/mol. The van der Waals surface area contributed by atoms with Gasteiger partial charge in [0.15, 0.2) is 0 Å². The van der Waals surface area contributed by atoms with Gasteiger partial charge >= 0.3 is 0 Å². The lowest BCUT2D eigenvalue weighted by atomic mass is 9.99. The van der Waals surface area contributed by atoms with E-state index >= 15 is 0 Å². The van der Waals surface area contributed by atoms with Crippen molar-refractivity contribution in [2.24, 2.45) is 0 Å². The minimum atomic E-state index is -3.59. The first-order chi connectivity index (χ1) is 9.95. The molecule has 2 aliphatic heterocycles. The van der Waals surface area contributed by atoms with Crippen molar-refractivity contribution < 1.29 is 13.5 Å². The maximum absolute atomic E-state index is 12.4. The van der Waals surface area contributed by atoms with Crippen LogP contribution in [0.15, 0.2) is 23.1 Å². The standard InChI is InChI=1S/C14H21N3O3S/c15-13-9-12(3-4-14(13)18)21(19,20)16-10-5-7-17-6-1-2-11(17)8-10/h3-4,9-11,16,18H,1-2,5-8,15H2. The first kappa shape index (κ1) is 14.6. The van der Waals surface area contributed by atoms with Crippen molar-refractivity contribution in [1.82, 2.24) is 9.62 Å². The summed E-state index contributed by atoms with van der Waals surface area (Å²) in [6.07, 6.45) is 4.07. The van der Waals surface area contributed by atoms with Gasteiger partial charge in [-0.25, -0.2) is 13.1 Å². The van der Waals surface area contributed by atoms with E-state index in [0.717, 1.165) is 32.4 Å². The number of phenols is 1. The van der Waals surface area contributed by atoms with E-state index in [9.17, 15) is 13.5 Å². The lowest BCUT2D eigenvalue weighted by molar-refractivity contribution is 0.176. The van der Waals surface area contributed by atoms with Crippen molar-refractivity contribution in [3.8, 4) is 5.75 Å². The zero-order chi connectivity index (χ0) is 15.0. The van der Waals surface area contributed by atoms with E-state index in [1.54, 1.807) is 0 Å². The summed E-state index contributed by atoms with van der Waals surface area (Å²) in [7, 11) is -3.59. The van der Waals surface area contributed by atoms with E-state index in [0.29, 0.717) is 6.04 Å². The van der Waals surface area contributed by atoms with E-state index < -0.39 is 10.0 Å². The van der Waals surface area contributed by atoms with Gasteiger partial charge in [-0.1, -0.05) is 0 Å². The van der Waals surface area contributed by atoms with E-state index in [2.05, 4.69) is 9.62 Å². The van der Waals surface area contributed by atoms with Gasteiger partial charge in [-0.05, 0) is 57.0 Å². The number of nitrogens with zero attached hydrogens (tertiary/aromatic N) is 1. The average Bonchev–Trinajstić information content (AvgIpc) is 2.88. The lowest BCUT2D eigenvalue weighted by Gasteiger charge is -2.34. The third kappa shape index (κ3) is 3.00. The van der Waals surface area contributed by atoms with Crippen LogP contribution in [0, 0.1) is 0 Å². The molecule has 2 saturated heterocycles. The molecule has 1 aromatic carbocycles. The molecule has 3 rings (SSSR count). The second-order valence-electron chi connectivity index (χ2n) is 5.90. The van der Waals surface area contributed by atoms with Gasteiger partial charge < -0.3 is 15.7 Å². The highest BCUT2D eigenvalue weighted by molar-refractivity contribution is 7.89. The Morgan fingerprint density at radius 1 is 1.29 bits per heavy atom. The van der Waals surface area contributed by atoms with Crippen LogP contribution >= 0.6 is 0 Å². The zero-order valence-corrected chi connectivity index (χ0v) is 12.6. The highest BCUT2D eigenvalue weighted by Crippen LogP contribution is 2.28. The molecule has 2 aliphatic rings. The normalized spacial score (nSPS) is 26.7. The molecular weight excluding hydrogens is 290 g/mol. The smallest absolute Gasteiger partial charge is 0.240 e. The number of hydrogen-bond donors (Lipinski definition) is 3. The van der Waals surface area contributed by atoms with Gasteiger partial charge in [0.05, 0.1) is 10.6 Å². The van der Waals surface area contributed by atoms with Crippen molar-refractivity contribution in [3.05, 3.63) is 18.2 Å². The van der Waals surface area contributed by atoms with Crippen LogP contribution in [0.1, 0.15) is 25.7 Å². The summed E-state index contributed by atoms with van der Waals surface area (Å²) in [5.41, 5.74) is 5.64. The second kappa shape index (κ2) is 5.47. The summed E-state index contributed by atoms with van der Waals surface area (Å²) in [6, 6.07) is 4.46. The van der Waals surface area contributed by atoms with Crippen LogP contribution in [0.25, 0.3) is 0 Å². The van der Waals surface area contributed by atoms with Gasteiger partial charge in [0.2, 0.25) is 10.0 Å². The second-order valence-corrected chi connectivity index (χ2v) is 7.61. The Bertz CT molecular complexity index is 632. The lowest BCUT2D eigenvalue weighted by Crippen LogP contribution is -2.47. The number of piperidine rings is 1. The molecule has 0 spiro atoms. The molecule has 0 aliphatic carbocycles. The molecule has 2 fully saturated rings. The Labute approximate surface area is 125 Å². The number of phenolic OH excluding ortho intramolecular Hbond substituents is 1. The zero-order valence-electron chi connectivity index (χ0n) is 11.8. The summed E-state index contributed by atoms with van der Waals surface area (Å²) < 4.78 is 27.6. The molecule has 0 aromatic heterocycles. The topological polar surface area (TPSA) is 95.7 Å². The fraction of sp³-hybridized carbons (Fsp3) is 0.571. The fourth-order valence-corrected chi connectivity index (χ4v) is 4.64. The molecule has 0 radical (unpaired) electrons. The number of sulfonamides is 1. The van der Waals surface area contributed by atoms with E-state index in [4.69, 9.17) is 5.73 Å². The van der Waals surface area contributed by atoms with E-state index in [1.807, 2.05) is 0 Å². The Hall–Kier alpha value is -1.31. The molecule has 0 bridgehead atoms. The van der Waals surface area contributed by atoms with Crippen molar-refractivity contribution >= 4 is 15.7 Å². The highest BCUT2D eigenvalue weighted by Gasteiger charge is 2.33. The molecule has 2 atom stereocenters. The van der Waals surface area contributed by atoms with Crippen LogP contribution in [-0.4, -0.2) is 43.6 Å². The number of anilines is 1. The number of hydrogen-bond acceptors (Lipinski definition) is 5. The van der Waals surface area contributed by atoms with Gasteiger partial charge in [0, 0.05) is 12.1 Å². The summed E-state index contributed by atoms with van der Waals surface area (Å²) >= 11 is 0. The van der Waals surface area contributed by atoms with Gasteiger partial charge in [-0.15, -0.1) is 0 Å². The summed E-state index contributed by atoms with van der Waals surface area (Å²) in [4.78, 5) is 2.55. The van der Waals surface area contributed by atoms with Crippen LogP contribution in [0.4, 0.5) is 5.69 Å². The number of nitrogens with one attached hydrogen (secondary N) is 1. The quantitative estimate of drug-likeness (QED) is 0.569. The highest BCUT2D eigenvalue weighted by atomic mass is 32.2. The number of rotatable bonds is 3. The number of aromatic hydroxyl groups is 1. The van der Waals surface area contributed by atoms with Gasteiger partial charge in [0.25, 0.3) is 0 Å². The Morgan fingerprint density at radius 2 is 2.10 bits per heavy atom. The SMILES string of the molecule is Nc1cc(S(=O)(=O)NC2CCN3CCCC3C2)ccc1O. The number of benzene rings is 1. The molecule has 7 heteroatoms. The third-order valence-corrected chi connectivity index (χ3v) is 5.97. The van der Waals surface area contributed by atoms with Crippen molar-refractivity contribution in [1.29, 1.82) is 0 Å². The number of fused-ring (bicyclic) bond motifs is 1. The van der Waals surface area contributed by atoms with Gasteiger partial charge in [-0.3, -0.25) is 0 Å². The molecule has 6 nitrogen and oxygen atoms in total. The summed E-state index contributed by atoms with van der Waals surface area (Å²) in [5, 5.41) is 9.39. The van der Waals surface area contributed by atoms with E-state index in [-0.39, 0.29) is 22.4 Å². The monoisotopic (exact) mass is 311 g/mol. The molecule has 0 saturated carbocycles. The maximum atomic E-state index is 12.4. The molecule has 21 heavy (non-hydrogen) atoms.